The lowest BCUT2D eigenvalue weighted by molar-refractivity contribution is 0.0441. The van der Waals surface area contributed by atoms with Crippen LogP contribution >= 0.6 is 23.5 Å². The Balaban J connectivity index is 2.53. The summed E-state index contributed by atoms with van der Waals surface area (Å²) in [7, 11) is 0. The van der Waals surface area contributed by atoms with Crippen LogP contribution in [-0.4, -0.2) is 8.16 Å². The molecule has 3 aliphatic heterocycles. The molecule has 0 aliphatic carbocycles. The normalized spacial score (nSPS) is 40.7. The van der Waals surface area contributed by atoms with Crippen LogP contribution in [0.4, 0.5) is 0 Å². The summed E-state index contributed by atoms with van der Waals surface area (Å²) < 4.78 is 0.728. The lowest BCUT2D eigenvalue weighted by Crippen LogP contribution is -2.73. The van der Waals surface area contributed by atoms with E-state index in [9.17, 15) is 0 Å². The fourth-order valence-corrected chi connectivity index (χ4v) is 9.64. The molecule has 0 amide bonds. The van der Waals surface area contributed by atoms with Crippen molar-refractivity contribution in [2.24, 2.45) is 21.7 Å². The predicted molar refractivity (Wildman–Crippen MR) is 91.7 cm³/mol. The molecule has 0 unspecified atom stereocenters. The number of thioether (sulfide) groups is 2. The summed E-state index contributed by atoms with van der Waals surface area (Å²) >= 11 is 4.60. The van der Waals surface area contributed by atoms with Crippen LogP contribution in [0.1, 0.15) is 75.7 Å². The van der Waals surface area contributed by atoms with E-state index in [1.807, 2.05) is 0 Å². The van der Waals surface area contributed by atoms with Crippen molar-refractivity contribution in [2.45, 2.75) is 83.8 Å². The Kier molecular flexibility index (Phi) is 3.15. The molecule has 0 aromatic rings. The van der Waals surface area contributed by atoms with Gasteiger partial charge < -0.3 is 0 Å². The highest BCUT2D eigenvalue weighted by molar-refractivity contribution is 8.36. The summed E-state index contributed by atoms with van der Waals surface area (Å²) in [5.41, 5.74) is 1.46. The molecule has 0 spiro atoms. The maximum Gasteiger partial charge on any atom is 0.0738 e. The third-order valence-electron chi connectivity index (χ3n) is 5.22. The maximum absolute atomic E-state index is 2.49. The lowest BCUT2D eigenvalue weighted by Gasteiger charge is -2.78. The van der Waals surface area contributed by atoms with Gasteiger partial charge in [-0.3, -0.25) is 0 Å². The summed E-state index contributed by atoms with van der Waals surface area (Å²) in [6.07, 6.45) is 1.33. The lowest BCUT2D eigenvalue weighted by atomic mass is 9.61. The van der Waals surface area contributed by atoms with E-state index in [0.717, 1.165) is 0 Å². The standard InChI is InChI=1S/C17H32S2/c1-12(2,3)16-14(7,8)11-15(9,10)17(18-16,19-16)13(4,5)6/h11H2,1-10H3. The molecule has 0 atom stereocenters. The van der Waals surface area contributed by atoms with Crippen molar-refractivity contribution in [1.29, 1.82) is 0 Å². The first-order valence-electron chi connectivity index (χ1n) is 7.52. The van der Waals surface area contributed by atoms with E-state index in [1.165, 1.54) is 6.42 Å². The number of hydrogen-bond donors (Lipinski definition) is 0. The molecule has 3 fully saturated rings. The van der Waals surface area contributed by atoms with Crippen LogP contribution in [0.3, 0.4) is 0 Å². The second-order valence-electron chi connectivity index (χ2n) is 9.88. The van der Waals surface area contributed by atoms with Crippen LogP contribution in [0.2, 0.25) is 0 Å². The highest BCUT2D eigenvalue weighted by Gasteiger charge is 2.78. The van der Waals surface area contributed by atoms with Crippen LogP contribution in [-0.2, 0) is 0 Å². The predicted octanol–water partition coefficient (Wildman–Crippen LogP) is 6.41. The largest absolute Gasteiger partial charge is 0.124 e. The Hall–Kier alpha value is 0.700. The number of hydrogen-bond acceptors (Lipinski definition) is 2. The van der Waals surface area contributed by atoms with Gasteiger partial charge >= 0.3 is 0 Å². The molecule has 3 rings (SSSR count). The summed E-state index contributed by atoms with van der Waals surface area (Å²) in [5, 5.41) is 0. The van der Waals surface area contributed by atoms with E-state index < -0.39 is 0 Å². The van der Waals surface area contributed by atoms with Crippen molar-refractivity contribution in [1.82, 2.24) is 0 Å². The average molecular weight is 301 g/mol. The molecule has 112 valence electrons. The van der Waals surface area contributed by atoms with Crippen LogP contribution in [0.5, 0.6) is 0 Å². The van der Waals surface area contributed by atoms with Gasteiger partial charge in [0.2, 0.25) is 0 Å². The minimum absolute atomic E-state index is 0.344. The molecule has 2 bridgehead atoms. The molecule has 3 aliphatic rings. The molecule has 0 saturated carbocycles. The van der Waals surface area contributed by atoms with Gasteiger partial charge in [-0.25, -0.2) is 0 Å². The fourth-order valence-electron chi connectivity index (χ4n) is 4.95. The SMILES string of the molecule is CC(C)(C)C12SC(C(C)(C)C)(S1)C(C)(C)CC2(C)C. The van der Waals surface area contributed by atoms with Crippen molar-refractivity contribution in [3.05, 3.63) is 0 Å². The zero-order chi connectivity index (χ0) is 15.1. The van der Waals surface area contributed by atoms with Gasteiger partial charge in [0.15, 0.2) is 0 Å². The zero-order valence-corrected chi connectivity index (χ0v) is 16.2. The molecule has 0 N–H and O–H groups in total. The van der Waals surface area contributed by atoms with Crippen LogP contribution in [0, 0.1) is 21.7 Å². The molecule has 3 heterocycles. The maximum atomic E-state index is 2.49. The highest BCUT2D eigenvalue weighted by Crippen LogP contribution is 2.88. The minimum atomic E-state index is 0.344. The highest BCUT2D eigenvalue weighted by atomic mass is 32.3. The monoisotopic (exact) mass is 300 g/mol. The summed E-state index contributed by atoms with van der Waals surface area (Å²) in [5.74, 6) is 0. The average Bonchev–Trinajstić information content (AvgIpc) is 1.87. The first kappa shape index (κ1) is 16.1. The van der Waals surface area contributed by atoms with Gasteiger partial charge in [-0.15, -0.1) is 23.5 Å². The smallest absolute Gasteiger partial charge is 0.0738 e. The van der Waals surface area contributed by atoms with Gasteiger partial charge in [-0.1, -0.05) is 69.2 Å². The zero-order valence-electron chi connectivity index (χ0n) is 14.5. The Morgan fingerprint density at radius 3 is 1.11 bits per heavy atom. The van der Waals surface area contributed by atoms with Crippen LogP contribution in [0.25, 0.3) is 0 Å². The van der Waals surface area contributed by atoms with Crippen molar-refractivity contribution in [3.63, 3.8) is 0 Å². The molecular formula is C17H32S2. The quantitative estimate of drug-likeness (QED) is 0.507. The Morgan fingerprint density at radius 1 is 0.632 bits per heavy atom. The fraction of sp³-hybridized carbons (Fsp3) is 1.00. The summed E-state index contributed by atoms with van der Waals surface area (Å²) in [6.45, 7) is 24.5. The van der Waals surface area contributed by atoms with E-state index in [1.54, 1.807) is 0 Å². The number of rotatable bonds is 0. The minimum Gasteiger partial charge on any atom is -0.124 e. The van der Waals surface area contributed by atoms with E-state index >= 15 is 0 Å². The first-order chi connectivity index (χ1) is 8.12. The van der Waals surface area contributed by atoms with Crippen LogP contribution in [0.15, 0.2) is 0 Å². The van der Waals surface area contributed by atoms with Crippen LogP contribution < -0.4 is 0 Å². The van der Waals surface area contributed by atoms with Gasteiger partial charge in [0.25, 0.3) is 0 Å². The third-order valence-corrected chi connectivity index (χ3v) is 12.0. The van der Waals surface area contributed by atoms with Gasteiger partial charge in [0.1, 0.15) is 0 Å². The molecule has 0 radical (unpaired) electrons. The van der Waals surface area contributed by atoms with E-state index in [4.69, 9.17) is 0 Å². The Morgan fingerprint density at radius 2 is 0.895 bits per heavy atom. The molecule has 2 heteroatoms. The number of fused-ring (bicyclic) bond motifs is 2. The molecule has 0 aromatic carbocycles. The molecule has 0 aromatic heterocycles. The molecule has 19 heavy (non-hydrogen) atoms. The van der Waals surface area contributed by atoms with E-state index in [0.29, 0.717) is 29.8 Å². The van der Waals surface area contributed by atoms with Gasteiger partial charge in [0.05, 0.1) is 8.16 Å². The summed E-state index contributed by atoms with van der Waals surface area (Å²) in [6, 6.07) is 0. The molecular weight excluding hydrogens is 268 g/mol. The van der Waals surface area contributed by atoms with Crippen molar-refractivity contribution in [3.8, 4) is 0 Å². The Bertz CT molecular complexity index is 348. The summed E-state index contributed by atoms with van der Waals surface area (Å²) in [4.78, 5) is 0. The van der Waals surface area contributed by atoms with E-state index in [-0.39, 0.29) is 0 Å². The van der Waals surface area contributed by atoms with Gasteiger partial charge in [-0.2, -0.15) is 0 Å². The third kappa shape index (κ3) is 1.74. The second kappa shape index (κ2) is 3.72. The van der Waals surface area contributed by atoms with E-state index in [2.05, 4.69) is 92.8 Å². The van der Waals surface area contributed by atoms with Gasteiger partial charge in [0, 0.05) is 0 Å². The van der Waals surface area contributed by atoms with Crippen molar-refractivity contribution < 1.29 is 0 Å². The topological polar surface area (TPSA) is 0 Å². The van der Waals surface area contributed by atoms with Crippen molar-refractivity contribution in [2.75, 3.05) is 0 Å². The first-order valence-corrected chi connectivity index (χ1v) is 9.16. The van der Waals surface area contributed by atoms with Crippen molar-refractivity contribution >= 4 is 23.5 Å². The Labute approximate surface area is 129 Å². The molecule has 0 nitrogen and oxygen atoms in total. The second-order valence-corrected chi connectivity index (χ2v) is 13.3. The molecule has 3 saturated heterocycles. The van der Waals surface area contributed by atoms with Gasteiger partial charge in [-0.05, 0) is 28.1 Å².